The number of rotatable bonds is 5. The third-order valence-corrected chi connectivity index (χ3v) is 6.34. The lowest BCUT2D eigenvalue weighted by Crippen LogP contribution is -2.53. The molecule has 2 aromatic rings. The first-order valence-corrected chi connectivity index (χ1v) is 9.91. The van der Waals surface area contributed by atoms with Crippen LogP contribution in [0.2, 0.25) is 0 Å². The summed E-state index contributed by atoms with van der Waals surface area (Å²) in [6.45, 7) is 6.52. The Morgan fingerprint density at radius 1 is 1.32 bits per heavy atom. The van der Waals surface area contributed by atoms with Crippen LogP contribution in [0.4, 0.5) is 4.39 Å². The second kappa shape index (κ2) is 7.02. The Balaban J connectivity index is 1.33. The maximum atomic E-state index is 13.8. The second-order valence-electron chi connectivity index (χ2n) is 7.15. The third kappa shape index (κ3) is 3.71. The van der Waals surface area contributed by atoms with Gasteiger partial charge >= 0.3 is 0 Å². The van der Waals surface area contributed by atoms with Crippen LogP contribution in [-0.2, 0) is 11.3 Å². The molecule has 1 aliphatic heterocycles. The quantitative estimate of drug-likeness (QED) is 0.890. The highest BCUT2D eigenvalue weighted by molar-refractivity contribution is 7.17. The molecule has 6 heteroatoms. The van der Waals surface area contributed by atoms with E-state index >= 15 is 0 Å². The Kier molecular flexibility index (Phi) is 4.75. The molecule has 2 aliphatic rings. The van der Waals surface area contributed by atoms with Gasteiger partial charge in [-0.3, -0.25) is 14.6 Å². The van der Waals surface area contributed by atoms with Crippen LogP contribution in [0.1, 0.15) is 25.3 Å². The first kappa shape index (κ1) is 16.9. The summed E-state index contributed by atoms with van der Waals surface area (Å²) < 4.78 is 14.6. The summed E-state index contributed by atoms with van der Waals surface area (Å²) in [6, 6.07) is 5.68. The van der Waals surface area contributed by atoms with Crippen molar-refractivity contribution in [3.05, 3.63) is 35.0 Å². The molecule has 1 aromatic heterocycles. The van der Waals surface area contributed by atoms with E-state index in [9.17, 15) is 9.18 Å². The molecule has 4 nitrogen and oxygen atoms in total. The number of carbonyl (C=O) groups is 1. The summed E-state index contributed by atoms with van der Waals surface area (Å²) >= 11 is 1.49. The molecule has 1 aromatic carbocycles. The maximum absolute atomic E-state index is 13.8. The van der Waals surface area contributed by atoms with Gasteiger partial charge in [0.05, 0.1) is 10.7 Å². The number of fused-ring (bicyclic) bond motifs is 1. The van der Waals surface area contributed by atoms with Crippen LogP contribution in [0, 0.1) is 5.82 Å². The number of nitrogens with one attached hydrogen (secondary N) is 1. The number of thiophene rings is 1. The molecule has 134 valence electrons. The number of hydrogen-bond donors (Lipinski definition) is 1. The summed E-state index contributed by atoms with van der Waals surface area (Å²) in [7, 11) is 0. The van der Waals surface area contributed by atoms with E-state index in [2.05, 4.69) is 20.5 Å². The minimum atomic E-state index is -0.130. The van der Waals surface area contributed by atoms with Crippen molar-refractivity contribution in [3.63, 3.8) is 0 Å². The predicted octanol–water partition coefficient (Wildman–Crippen LogP) is 2.83. The summed E-state index contributed by atoms with van der Waals surface area (Å²) in [5.41, 5.74) is 1.20. The highest BCUT2D eigenvalue weighted by atomic mass is 32.1. The molecule has 1 atom stereocenters. The molecule has 1 saturated carbocycles. The molecule has 1 saturated heterocycles. The van der Waals surface area contributed by atoms with E-state index in [-0.39, 0.29) is 17.8 Å². The smallest absolute Gasteiger partial charge is 0.237 e. The van der Waals surface area contributed by atoms with Gasteiger partial charge in [0.1, 0.15) is 5.82 Å². The molecule has 1 aliphatic carbocycles. The second-order valence-corrected chi connectivity index (χ2v) is 8.03. The van der Waals surface area contributed by atoms with Crippen molar-refractivity contribution in [2.24, 2.45) is 0 Å². The normalized spacial score (nSPS) is 20.7. The van der Waals surface area contributed by atoms with Crippen molar-refractivity contribution >= 4 is 27.3 Å². The van der Waals surface area contributed by atoms with E-state index in [1.54, 1.807) is 6.07 Å². The maximum Gasteiger partial charge on any atom is 0.237 e. The first-order chi connectivity index (χ1) is 12.1. The van der Waals surface area contributed by atoms with Crippen molar-refractivity contribution < 1.29 is 9.18 Å². The minimum absolute atomic E-state index is 0.0566. The van der Waals surface area contributed by atoms with Crippen molar-refractivity contribution in [3.8, 4) is 0 Å². The van der Waals surface area contributed by atoms with Crippen LogP contribution in [-0.4, -0.2) is 54.0 Å². The highest BCUT2D eigenvalue weighted by Gasteiger charge is 2.30. The topological polar surface area (TPSA) is 35.6 Å². The molecule has 2 heterocycles. The number of carbonyl (C=O) groups excluding carboxylic acids is 1. The number of piperazine rings is 1. The minimum Gasteiger partial charge on any atom is -0.352 e. The molecule has 25 heavy (non-hydrogen) atoms. The summed E-state index contributed by atoms with van der Waals surface area (Å²) in [5, 5.41) is 6.20. The molecular formula is C19H24FN3OS. The number of hydrogen-bond acceptors (Lipinski definition) is 4. The van der Waals surface area contributed by atoms with Crippen LogP contribution in [0.15, 0.2) is 23.6 Å². The van der Waals surface area contributed by atoms with E-state index in [4.69, 9.17) is 0 Å². The molecule has 4 rings (SSSR count). The zero-order valence-corrected chi connectivity index (χ0v) is 15.3. The lowest BCUT2D eigenvalue weighted by molar-refractivity contribution is -0.126. The molecule has 0 unspecified atom stereocenters. The fourth-order valence-corrected chi connectivity index (χ4v) is 4.43. The van der Waals surface area contributed by atoms with Crippen LogP contribution in [0.25, 0.3) is 10.1 Å². The van der Waals surface area contributed by atoms with Gasteiger partial charge in [0.2, 0.25) is 5.91 Å². The SMILES string of the molecule is C[C@@H](C(=O)NC1CC1)N1CCN(Cc2csc3c(F)cccc23)CC1. The Labute approximate surface area is 151 Å². The van der Waals surface area contributed by atoms with Gasteiger partial charge in [-0.15, -0.1) is 11.3 Å². The average Bonchev–Trinajstić information content (AvgIpc) is 3.34. The van der Waals surface area contributed by atoms with Crippen molar-refractivity contribution in [2.45, 2.75) is 38.4 Å². The molecule has 2 fully saturated rings. The summed E-state index contributed by atoms with van der Waals surface area (Å²) in [4.78, 5) is 16.9. The number of halogens is 1. The van der Waals surface area contributed by atoms with Crippen LogP contribution < -0.4 is 5.32 Å². The Morgan fingerprint density at radius 3 is 2.80 bits per heavy atom. The average molecular weight is 361 g/mol. The zero-order chi connectivity index (χ0) is 17.4. The van der Waals surface area contributed by atoms with Crippen molar-refractivity contribution in [2.75, 3.05) is 26.2 Å². The number of nitrogens with zero attached hydrogens (tertiary/aromatic N) is 2. The molecule has 1 amide bonds. The van der Waals surface area contributed by atoms with Gasteiger partial charge in [-0.25, -0.2) is 4.39 Å². The van der Waals surface area contributed by atoms with Gasteiger partial charge in [-0.1, -0.05) is 12.1 Å². The zero-order valence-electron chi connectivity index (χ0n) is 14.5. The van der Waals surface area contributed by atoms with E-state index in [0.29, 0.717) is 6.04 Å². The van der Waals surface area contributed by atoms with E-state index in [1.807, 2.05) is 13.0 Å². The number of benzene rings is 1. The fraction of sp³-hybridized carbons (Fsp3) is 0.526. The van der Waals surface area contributed by atoms with E-state index < -0.39 is 0 Å². The Morgan fingerprint density at radius 2 is 2.08 bits per heavy atom. The Bertz CT molecular complexity index is 765. The Hall–Kier alpha value is -1.50. The summed E-state index contributed by atoms with van der Waals surface area (Å²) in [6.07, 6.45) is 2.25. The monoisotopic (exact) mass is 361 g/mol. The van der Waals surface area contributed by atoms with Gasteiger partial charge in [0.15, 0.2) is 0 Å². The van der Waals surface area contributed by atoms with Crippen LogP contribution in [0.5, 0.6) is 0 Å². The van der Waals surface area contributed by atoms with E-state index in [1.165, 1.54) is 23.0 Å². The first-order valence-electron chi connectivity index (χ1n) is 9.03. The lowest BCUT2D eigenvalue weighted by Gasteiger charge is -2.37. The van der Waals surface area contributed by atoms with E-state index in [0.717, 1.165) is 55.7 Å². The van der Waals surface area contributed by atoms with Crippen molar-refractivity contribution in [1.29, 1.82) is 0 Å². The van der Waals surface area contributed by atoms with Gasteiger partial charge < -0.3 is 5.32 Å². The predicted molar refractivity (Wildman–Crippen MR) is 99.3 cm³/mol. The molecule has 0 spiro atoms. The third-order valence-electron chi connectivity index (χ3n) is 5.28. The summed E-state index contributed by atoms with van der Waals surface area (Å²) in [5.74, 6) is 0.0318. The lowest BCUT2D eigenvalue weighted by atomic mass is 10.1. The number of amides is 1. The van der Waals surface area contributed by atoms with Gasteiger partial charge in [0, 0.05) is 38.8 Å². The largest absolute Gasteiger partial charge is 0.352 e. The fourth-order valence-electron chi connectivity index (χ4n) is 3.46. The van der Waals surface area contributed by atoms with Crippen LogP contribution >= 0.6 is 11.3 Å². The highest BCUT2D eigenvalue weighted by Crippen LogP contribution is 2.29. The standard InChI is InChI=1S/C19H24FN3OS/c1-13(19(24)21-15-5-6-15)23-9-7-22(8-10-23)11-14-12-25-18-16(14)3-2-4-17(18)20/h2-4,12-13,15H,5-11H2,1H3,(H,21,24)/t13-/m0/s1. The molecule has 1 N–H and O–H groups in total. The van der Waals surface area contributed by atoms with Gasteiger partial charge in [0.25, 0.3) is 0 Å². The van der Waals surface area contributed by atoms with Gasteiger partial charge in [-0.05, 0) is 42.2 Å². The van der Waals surface area contributed by atoms with Gasteiger partial charge in [-0.2, -0.15) is 0 Å². The van der Waals surface area contributed by atoms with Crippen LogP contribution in [0.3, 0.4) is 0 Å². The molecule has 0 bridgehead atoms. The molecule has 0 radical (unpaired) electrons. The van der Waals surface area contributed by atoms with Crippen molar-refractivity contribution in [1.82, 2.24) is 15.1 Å². The molecular weight excluding hydrogens is 337 g/mol.